The van der Waals surface area contributed by atoms with Gasteiger partial charge in [0.25, 0.3) is 0 Å². The van der Waals surface area contributed by atoms with Gasteiger partial charge in [0.05, 0.1) is 19.1 Å². The first kappa shape index (κ1) is 11.5. The number of rotatable bonds is 6. The zero-order valence-corrected chi connectivity index (χ0v) is 8.96. The lowest BCUT2D eigenvalue weighted by Gasteiger charge is -2.07. The van der Waals surface area contributed by atoms with Gasteiger partial charge in [-0.25, -0.2) is 0 Å². The molecule has 1 heterocycles. The van der Waals surface area contributed by atoms with Crippen LogP contribution >= 0.6 is 0 Å². The predicted octanol–water partition coefficient (Wildman–Crippen LogP) is 2.15. The summed E-state index contributed by atoms with van der Waals surface area (Å²) >= 11 is 0. The van der Waals surface area contributed by atoms with Gasteiger partial charge in [-0.2, -0.15) is 0 Å². The molecule has 0 radical (unpaired) electrons. The van der Waals surface area contributed by atoms with E-state index in [0.717, 1.165) is 19.3 Å². The minimum Gasteiger partial charge on any atom is -0.465 e. The zero-order valence-electron chi connectivity index (χ0n) is 8.96. The molecule has 0 aromatic heterocycles. The highest BCUT2D eigenvalue weighted by atomic mass is 16.5. The first-order chi connectivity index (χ1) is 6.84. The van der Waals surface area contributed by atoms with Crippen LogP contribution in [0, 0.1) is 5.92 Å². The Balaban J connectivity index is 1.97. The van der Waals surface area contributed by atoms with Crippen LogP contribution in [-0.4, -0.2) is 25.8 Å². The van der Waals surface area contributed by atoms with Gasteiger partial charge in [-0.05, 0) is 12.8 Å². The Bertz CT molecular complexity index is 162. The van der Waals surface area contributed by atoms with Crippen LogP contribution in [-0.2, 0) is 14.3 Å². The first-order valence-electron chi connectivity index (χ1n) is 5.59. The summed E-state index contributed by atoms with van der Waals surface area (Å²) in [5.74, 6) is -0.0693. The zero-order chi connectivity index (χ0) is 10.2. The van der Waals surface area contributed by atoms with Gasteiger partial charge in [-0.15, -0.1) is 0 Å². The highest BCUT2D eigenvalue weighted by Crippen LogP contribution is 2.14. The molecule has 14 heavy (non-hydrogen) atoms. The molecule has 1 aliphatic heterocycles. The van der Waals surface area contributed by atoms with Gasteiger partial charge in [0, 0.05) is 6.61 Å². The highest BCUT2D eigenvalue weighted by molar-refractivity contribution is 5.72. The van der Waals surface area contributed by atoms with Gasteiger partial charge in [0.15, 0.2) is 0 Å². The quantitative estimate of drug-likeness (QED) is 0.487. The molecule has 1 atom stereocenters. The Morgan fingerprint density at radius 3 is 2.93 bits per heavy atom. The van der Waals surface area contributed by atoms with Crippen LogP contribution in [0.25, 0.3) is 0 Å². The molecule has 0 spiro atoms. The number of carbonyl (C=O) groups excluding carboxylic acids is 1. The molecule has 82 valence electrons. The Kier molecular flexibility index (Phi) is 5.60. The molecule has 0 N–H and O–H groups in total. The van der Waals surface area contributed by atoms with Gasteiger partial charge in [-0.3, -0.25) is 4.79 Å². The maximum atomic E-state index is 11.4. The van der Waals surface area contributed by atoms with Crippen LogP contribution in [0.4, 0.5) is 0 Å². The fraction of sp³-hybridized carbons (Fsp3) is 0.909. The molecule has 0 aromatic rings. The predicted molar refractivity (Wildman–Crippen MR) is 54.0 cm³/mol. The number of hydrogen-bond acceptors (Lipinski definition) is 3. The smallest absolute Gasteiger partial charge is 0.311 e. The number of ether oxygens (including phenoxy) is 2. The van der Waals surface area contributed by atoms with Crippen LogP contribution < -0.4 is 0 Å². The summed E-state index contributed by atoms with van der Waals surface area (Å²) in [5, 5.41) is 0. The summed E-state index contributed by atoms with van der Waals surface area (Å²) in [6.45, 7) is 4.00. The maximum Gasteiger partial charge on any atom is 0.311 e. The Hall–Kier alpha value is -0.570. The van der Waals surface area contributed by atoms with E-state index in [0.29, 0.717) is 19.8 Å². The highest BCUT2D eigenvalue weighted by Gasteiger charge is 2.24. The average molecular weight is 200 g/mol. The van der Waals surface area contributed by atoms with E-state index in [-0.39, 0.29) is 11.9 Å². The van der Waals surface area contributed by atoms with Gasteiger partial charge in [0.2, 0.25) is 0 Å². The molecule has 3 heteroatoms. The molecular weight excluding hydrogens is 180 g/mol. The first-order valence-corrected chi connectivity index (χ1v) is 5.59. The van der Waals surface area contributed by atoms with Crippen LogP contribution in [0.3, 0.4) is 0 Å². The SMILES string of the molecule is CCCCCCOC(=O)C1CCOC1. The van der Waals surface area contributed by atoms with Crippen molar-refractivity contribution < 1.29 is 14.3 Å². The van der Waals surface area contributed by atoms with Gasteiger partial charge in [0.1, 0.15) is 0 Å². The molecule has 1 rings (SSSR count). The normalized spacial score (nSPS) is 21.1. The summed E-state index contributed by atoms with van der Waals surface area (Å²) < 4.78 is 10.3. The lowest BCUT2D eigenvalue weighted by Crippen LogP contribution is -2.18. The van der Waals surface area contributed by atoms with Crippen LogP contribution in [0.1, 0.15) is 39.0 Å². The molecule has 0 bridgehead atoms. The van der Waals surface area contributed by atoms with Crippen molar-refractivity contribution in [3.05, 3.63) is 0 Å². The maximum absolute atomic E-state index is 11.4. The molecule has 3 nitrogen and oxygen atoms in total. The second-order valence-electron chi connectivity index (χ2n) is 3.79. The van der Waals surface area contributed by atoms with E-state index in [2.05, 4.69) is 6.92 Å². The van der Waals surface area contributed by atoms with Crippen molar-refractivity contribution in [1.82, 2.24) is 0 Å². The number of esters is 1. The van der Waals surface area contributed by atoms with E-state index >= 15 is 0 Å². The third-order valence-corrected chi connectivity index (χ3v) is 2.51. The van der Waals surface area contributed by atoms with E-state index < -0.39 is 0 Å². The largest absolute Gasteiger partial charge is 0.465 e. The van der Waals surface area contributed by atoms with Gasteiger partial charge < -0.3 is 9.47 Å². The molecule has 0 aliphatic carbocycles. The van der Waals surface area contributed by atoms with Crippen LogP contribution in [0.2, 0.25) is 0 Å². The summed E-state index contributed by atoms with van der Waals surface area (Å²) in [6, 6.07) is 0. The van der Waals surface area contributed by atoms with Crippen LogP contribution in [0.5, 0.6) is 0 Å². The lowest BCUT2D eigenvalue weighted by molar-refractivity contribution is -0.148. The molecule has 1 fully saturated rings. The van der Waals surface area contributed by atoms with Gasteiger partial charge >= 0.3 is 5.97 Å². The molecule has 0 saturated carbocycles. The summed E-state index contributed by atoms with van der Waals surface area (Å²) in [5.41, 5.74) is 0. The topological polar surface area (TPSA) is 35.5 Å². The van der Waals surface area contributed by atoms with Crippen molar-refractivity contribution >= 4 is 5.97 Å². The third-order valence-electron chi connectivity index (χ3n) is 2.51. The molecule has 1 unspecified atom stereocenters. The third kappa shape index (κ3) is 4.09. The van der Waals surface area contributed by atoms with Crippen molar-refractivity contribution in [2.75, 3.05) is 19.8 Å². The Morgan fingerprint density at radius 2 is 2.29 bits per heavy atom. The number of unbranched alkanes of at least 4 members (excludes halogenated alkanes) is 3. The van der Waals surface area contributed by atoms with Crippen molar-refractivity contribution in [2.24, 2.45) is 5.92 Å². The van der Waals surface area contributed by atoms with E-state index in [9.17, 15) is 4.79 Å². The average Bonchev–Trinajstić information content (AvgIpc) is 2.70. The molecule has 0 aromatic carbocycles. The minimum atomic E-state index is -0.0704. The summed E-state index contributed by atoms with van der Waals surface area (Å²) in [6.07, 6.45) is 5.42. The van der Waals surface area contributed by atoms with E-state index in [1.807, 2.05) is 0 Å². The molecule has 1 saturated heterocycles. The number of hydrogen-bond donors (Lipinski definition) is 0. The van der Waals surface area contributed by atoms with E-state index in [4.69, 9.17) is 9.47 Å². The van der Waals surface area contributed by atoms with Crippen LogP contribution in [0.15, 0.2) is 0 Å². The van der Waals surface area contributed by atoms with Crippen molar-refractivity contribution in [3.8, 4) is 0 Å². The molecule has 1 aliphatic rings. The monoisotopic (exact) mass is 200 g/mol. The lowest BCUT2D eigenvalue weighted by atomic mass is 10.1. The minimum absolute atomic E-state index is 0.00109. The van der Waals surface area contributed by atoms with E-state index in [1.54, 1.807) is 0 Å². The summed E-state index contributed by atoms with van der Waals surface area (Å²) in [7, 11) is 0. The van der Waals surface area contributed by atoms with Gasteiger partial charge in [-0.1, -0.05) is 26.2 Å². The standard InChI is InChI=1S/C11H20O3/c1-2-3-4-5-7-14-11(12)10-6-8-13-9-10/h10H,2-9H2,1H3. The Labute approximate surface area is 85.8 Å². The molecule has 0 amide bonds. The second-order valence-corrected chi connectivity index (χ2v) is 3.79. The summed E-state index contributed by atoms with van der Waals surface area (Å²) in [4.78, 5) is 11.4. The fourth-order valence-corrected chi connectivity index (χ4v) is 1.54. The second kappa shape index (κ2) is 6.82. The fourth-order valence-electron chi connectivity index (χ4n) is 1.54. The molecular formula is C11H20O3. The van der Waals surface area contributed by atoms with Crippen molar-refractivity contribution in [1.29, 1.82) is 0 Å². The van der Waals surface area contributed by atoms with E-state index in [1.165, 1.54) is 12.8 Å². The Morgan fingerprint density at radius 1 is 1.43 bits per heavy atom. The number of carbonyl (C=O) groups is 1. The van der Waals surface area contributed by atoms with Crippen molar-refractivity contribution in [3.63, 3.8) is 0 Å². The van der Waals surface area contributed by atoms with Crippen molar-refractivity contribution in [2.45, 2.75) is 39.0 Å².